The van der Waals surface area contributed by atoms with Crippen molar-refractivity contribution in [2.45, 2.75) is 32.1 Å². The minimum absolute atomic E-state index is 0.489. The highest BCUT2D eigenvalue weighted by molar-refractivity contribution is 5.17. The average molecular weight is 197 g/mol. The van der Waals surface area contributed by atoms with Gasteiger partial charge in [0.05, 0.1) is 0 Å². The number of aryl methyl sites for hydroxylation is 1. The van der Waals surface area contributed by atoms with Gasteiger partial charge < -0.3 is 0 Å². The zero-order valence-electron chi connectivity index (χ0n) is 8.23. The third-order valence-corrected chi connectivity index (χ3v) is 2.14. The summed E-state index contributed by atoms with van der Waals surface area (Å²) < 4.78 is 25.5. The maximum atomic E-state index is 12.8. The van der Waals surface area contributed by atoms with Gasteiger partial charge in [0.15, 0.2) is 0 Å². The summed E-state index contributed by atoms with van der Waals surface area (Å²) in [7, 11) is 0. The predicted molar refractivity (Wildman–Crippen MR) is 53.9 cm³/mol. The molecule has 0 unspecified atom stereocenters. The first-order chi connectivity index (χ1) is 6.72. The molecule has 14 heavy (non-hydrogen) atoms. The van der Waals surface area contributed by atoms with Gasteiger partial charge in [0.1, 0.15) is 11.6 Å². The quantitative estimate of drug-likeness (QED) is 0.628. The summed E-state index contributed by atoms with van der Waals surface area (Å²) in [5.41, 5.74) is 0.742. The van der Waals surface area contributed by atoms with Crippen LogP contribution in [0.3, 0.4) is 0 Å². The summed E-state index contributed by atoms with van der Waals surface area (Å²) in [6.45, 7) is 3.74. The second-order valence-electron chi connectivity index (χ2n) is 3.44. The Balaban J connectivity index is 2.42. The molecule has 1 radical (unpaired) electrons. The van der Waals surface area contributed by atoms with Gasteiger partial charge in [-0.1, -0.05) is 26.2 Å². The SMILES string of the molecule is [CH2]CCCCCc1cc(F)cc(F)c1. The lowest BCUT2D eigenvalue weighted by Gasteiger charge is -2.01. The molecular weight excluding hydrogens is 182 g/mol. The maximum absolute atomic E-state index is 12.8. The van der Waals surface area contributed by atoms with Crippen LogP contribution in [0, 0.1) is 18.6 Å². The third-order valence-electron chi connectivity index (χ3n) is 2.14. The highest BCUT2D eigenvalue weighted by Gasteiger charge is 1.99. The number of rotatable bonds is 5. The summed E-state index contributed by atoms with van der Waals surface area (Å²) in [6.07, 6.45) is 4.80. The average Bonchev–Trinajstić information content (AvgIpc) is 2.11. The lowest BCUT2D eigenvalue weighted by molar-refractivity contribution is 0.577. The van der Waals surface area contributed by atoms with E-state index < -0.39 is 11.6 Å². The Hall–Kier alpha value is -0.920. The number of hydrogen-bond donors (Lipinski definition) is 0. The Labute approximate surface area is 84.0 Å². The fourth-order valence-electron chi connectivity index (χ4n) is 1.44. The number of benzene rings is 1. The van der Waals surface area contributed by atoms with E-state index in [2.05, 4.69) is 6.92 Å². The normalized spacial score (nSPS) is 10.5. The van der Waals surface area contributed by atoms with Crippen LogP contribution in [0.5, 0.6) is 0 Å². The zero-order valence-corrected chi connectivity index (χ0v) is 8.23. The van der Waals surface area contributed by atoms with Gasteiger partial charge in [-0.3, -0.25) is 0 Å². The van der Waals surface area contributed by atoms with Crippen molar-refractivity contribution in [3.63, 3.8) is 0 Å². The van der Waals surface area contributed by atoms with E-state index in [4.69, 9.17) is 0 Å². The molecule has 0 nitrogen and oxygen atoms in total. The largest absolute Gasteiger partial charge is 0.207 e. The maximum Gasteiger partial charge on any atom is 0.126 e. The summed E-state index contributed by atoms with van der Waals surface area (Å²) in [5.74, 6) is -0.977. The van der Waals surface area contributed by atoms with Gasteiger partial charge in [0, 0.05) is 6.07 Å². The molecule has 0 atom stereocenters. The second kappa shape index (κ2) is 5.74. The Morgan fingerprint density at radius 2 is 1.57 bits per heavy atom. The molecule has 0 bridgehead atoms. The summed E-state index contributed by atoms with van der Waals surface area (Å²) in [4.78, 5) is 0. The molecule has 77 valence electrons. The lowest BCUT2D eigenvalue weighted by Crippen LogP contribution is -1.89. The smallest absolute Gasteiger partial charge is 0.126 e. The van der Waals surface area contributed by atoms with Crippen LogP contribution in [-0.4, -0.2) is 0 Å². The van der Waals surface area contributed by atoms with Crippen molar-refractivity contribution in [2.24, 2.45) is 0 Å². The topological polar surface area (TPSA) is 0 Å². The van der Waals surface area contributed by atoms with Crippen molar-refractivity contribution in [1.82, 2.24) is 0 Å². The van der Waals surface area contributed by atoms with Crippen molar-refractivity contribution < 1.29 is 8.78 Å². The van der Waals surface area contributed by atoms with Gasteiger partial charge in [-0.05, 0) is 30.5 Å². The van der Waals surface area contributed by atoms with Crippen LogP contribution in [0.4, 0.5) is 8.78 Å². The van der Waals surface area contributed by atoms with Gasteiger partial charge in [-0.25, -0.2) is 8.78 Å². The van der Waals surface area contributed by atoms with E-state index >= 15 is 0 Å². The van der Waals surface area contributed by atoms with Crippen LogP contribution in [0.25, 0.3) is 0 Å². The van der Waals surface area contributed by atoms with Crippen LogP contribution in [-0.2, 0) is 6.42 Å². The van der Waals surface area contributed by atoms with E-state index in [1.54, 1.807) is 0 Å². The van der Waals surface area contributed by atoms with Crippen LogP contribution >= 0.6 is 0 Å². The Morgan fingerprint density at radius 3 is 2.14 bits per heavy atom. The van der Waals surface area contributed by atoms with E-state index in [1.807, 2.05) is 0 Å². The highest BCUT2D eigenvalue weighted by Crippen LogP contribution is 2.11. The molecule has 1 aromatic carbocycles. The zero-order chi connectivity index (χ0) is 10.4. The summed E-state index contributed by atoms with van der Waals surface area (Å²) in [6, 6.07) is 3.69. The van der Waals surface area contributed by atoms with E-state index in [-0.39, 0.29) is 0 Å². The first-order valence-corrected chi connectivity index (χ1v) is 4.96. The molecule has 0 saturated heterocycles. The minimum Gasteiger partial charge on any atom is -0.207 e. The van der Waals surface area contributed by atoms with Crippen molar-refractivity contribution in [1.29, 1.82) is 0 Å². The third kappa shape index (κ3) is 3.86. The molecule has 0 saturated carbocycles. The molecule has 0 aliphatic heterocycles. The molecule has 0 spiro atoms. The molecule has 0 aliphatic carbocycles. The number of hydrogen-bond acceptors (Lipinski definition) is 0. The molecule has 0 fully saturated rings. The van der Waals surface area contributed by atoms with E-state index in [0.717, 1.165) is 43.7 Å². The van der Waals surface area contributed by atoms with Crippen molar-refractivity contribution in [3.8, 4) is 0 Å². The Kier molecular flexibility index (Phi) is 4.57. The van der Waals surface area contributed by atoms with Crippen molar-refractivity contribution in [3.05, 3.63) is 42.3 Å². The minimum atomic E-state index is -0.489. The first kappa shape index (κ1) is 11.2. The van der Waals surface area contributed by atoms with Crippen LogP contribution < -0.4 is 0 Å². The predicted octanol–water partition coefficient (Wildman–Crippen LogP) is 3.90. The molecule has 1 rings (SSSR count). The van der Waals surface area contributed by atoms with Crippen molar-refractivity contribution in [2.75, 3.05) is 0 Å². The summed E-state index contributed by atoms with van der Waals surface area (Å²) >= 11 is 0. The highest BCUT2D eigenvalue weighted by atomic mass is 19.1. The fraction of sp³-hybridized carbons (Fsp3) is 0.417. The van der Waals surface area contributed by atoms with Crippen molar-refractivity contribution >= 4 is 0 Å². The molecule has 0 amide bonds. The van der Waals surface area contributed by atoms with Crippen LogP contribution in [0.15, 0.2) is 18.2 Å². The fourth-order valence-corrected chi connectivity index (χ4v) is 1.44. The summed E-state index contributed by atoms with van der Waals surface area (Å²) in [5, 5.41) is 0. The van der Waals surface area contributed by atoms with E-state index in [1.165, 1.54) is 12.1 Å². The van der Waals surface area contributed by atoms with Crippen LogP contribution in [0.1, 0.15) is 31.2 Å². The molecule has 0 heterocycles. The van der Waals surface area contributed by atoms with Gasteiger partial charge in [-0.2, -0.15) is 0 Å². The molecule has 0 aliphatic rings. The van der Waals surface area contributed by atoms with Crippen LogP contribution in [0.2, 0.25) is 0 Å². The van der Waals surface area contributed by atoms with E-state index in [0.29, 0.717) is 0 Å². The standard InChI is InChI=1S/C12H15F2/c1-2-3-4-5-6-10-7-11(13)9-12(14)8-10/h7-9H,1-6H2. The number of unbranched alkanes of at least 4 members (excludes halogenated alkanes) is 3. The lowest BCUT2D eigenvalue weighted by atomic mass is 10.1. The van der Waals surface area contributed by atoms with Gasteiger partial charge >= 0.3 is 0 Å². The van der Waals surface area contributed by atoms with E-state index in [9.17, 15) is 8.78 Å². The second-order valence-corrected chi connectivity index (χ2v) is 3.44. The molecular formula is C12H15F2. The molecule has 2 heteroatoms. The monoisotopic (exact) mass is 197 g/mol. The Morgan fingerprint density at radius 1 is 0.929 bits per heavy atom. The number of halogens is 2. The Bertz CT molecular complexity index is 261. The molecule has 0 aromatic heterocycles. The van der Waals surface area contributed by atoms with Gasteiger partial charge in [0.2, 0.25) is 0 Å². The first-order valence-electron chi connectivity index (χ1n) is 4.96. The van der Waals surface area contributed by atoms with Gasteiger partial charge in [0.25, 0.3) is 0 Å². The van der Waals surface area contributed by atoms with Gasteiger partial charge in [-0.15, -0.1) is 0 Å². The molecule has 1 aromatic rings. The molecule has 0 N–H and O–H groups in total.